The Bertz CT molecular complexity index is 994. The van der Waals surface area contributed by atoms with Crippen LogP contribution in [0.4, 0.5) is 5.82 Å². The normalized spacial score (nSPS) is 21.3. The lowest BCUT2D eigenvalue weighted by Gasteiger charge is -2.26. The van der Waals surface area contributed by atoms with Gasteiger partial charge < -0.3 is 14.6 Å². The van der Waals surface area contributed by atoms with Gasteiger partial charge in [0.05, 0.1) is 18.3 Å². The van der Waals surface area contributed by atoms with E-state index in [1.807, 2.05) is 32.0 Å². The minimum atomic E-state index is -0.250. The lowest BCUT2D eigenvalue weighted by molar-refractivity contribution is -0.115. The Labute approximate surface area is 169 Å². The van der Waals surface area contributed by atoms with E-state index in [1.165, 1.54) is 0 Å². The molecule has 1 aliphatic rings. The second-order valence-electron chi connectivity index (χ2n) is 8.00. The molecule has 1 aliphatic carbocycles. The van der Waals surface area contributed by atoms with E-state index >= 15 is 0 Å². The van der Waals surface area contributed by atoms with Crippen LogP contribution in [0.2, 0.25) is 0 Å². The lowest BCUT2D eigenvalue weighted by Crippen LogP contribution is -2.28. The maximum absolute atomic E-state index is 12.2. The molecular weight excluding hydrogens is 370 g/mol. The summed E-state index contributed by atoms with van der Waals surface area (Å²) in [6.45, 7) is 5.91. The Morgan fingerprint density at radius 3 is 2.93 bits per heavy atom. The van der Waals surface area contributed by atoms with E-state index in [4.69, 9.17) is 9.26 Å². The minimum Gasteiger partial charge on any atom is -0.486 e. The summed E-state index contributed by atoms with van der Waals surface area (Å²) in [5.74, 6) is 1.95. The van der Waals surface area contributed by atoms with Crippen molar-refractivity contribution in [2.45, 2.75) is 58.0 Å². The molecule has 3 heterocycles. The highest BCUT2D eigenvalue weighted by Crippen LogP contribution is 2.43. The number of anilines is 1. The summed E-state index contributed by atoms with van der Waals surface area (Å²) in [5, 5.41) is 13.9. The zero-order chi connectivity index (χ0) is 20.4. The average Bonchev–Trinajstić information content (AvgIpc) is 3.38. The van der Waals surface area contributed by atoms with E-state index < -0.39 is 0 Å². The van der Waals surface area contributed by atoms with Gasteiger partial charge in [-0.2, -0.15) is 5.10 Å². The monoisotopic (exact) mass is 395 g/mol. The standard InChI is InChI=1S/C21H25N5O3/c1-13-4-5-16(12-22-13)28-21(3)7-6-15(11-21)18-10-19(25-24-18)23-20(27)9-17-8-14(2)26-29-17/h4-5,8,10,12,15H,6-7,9,11H2,1-3H3,(H2,23,24,25,27)/t15-,21-/m1/s1. The second-order valence-corrected chi connectivity index (χ2v) is 8.00. The van der Waals surface area contributed by atoms with Gasteiger partial charge in [0.2, 0.25) is 5.91 Å². The highest BCUT2D eigenvalue weighted by atomic mass is 16.5. The van der Waals surface area contributed by atoms with Crippen molar-refractivity contribution in [3.63, 3.8) is 0 Å². The van der Waals surface area contributed by atoms with Crippen LogP contribution in [0.5, 0.6) is 5.75 Å². The van der Waals surface area contributed by atoms with Gasteiger partial charge in [-0.1, -0.05) is 5.16 Å². The largest absolute Gasteiger partial charge is 0.486 e. The summed E-state index contributed by atoms with van der Waals surface area (Å²) in [7, 11) is 0. The topological polar surface area (TPSA) is 106 Å². The van der Waals surface area contributed by atoms with Gasteiger partial charge in [0.15, 0.2) is 5.82 Å². The van der Waals surface area contributed by atoms with Crippen molar-refractivity contribution in [1.29, 1.82) is 0 Å². The maximum atomic E-state index is 12.2. The molecule has 0 unspecified atom stereocenters. The van der Waals surface area contributed by atoms with Crippen molar-refractivity contribution in [2.75, 3.05) is 5.32 Å². The molecule has 3 aromatic rings. The Balaban J connectivity index is 1.34. The smallest absolute Gasteiger partial charge is 0.233 e. The number of amides is 1. The van der Waals surface area contributed by atoms with E-state index in [-0.39, 0.29) is 17.9 Å². The van der Waals surface area contributed by atoms with Crippen molar-refractivity contribution >= 4 is 11.7 Å². The molecule has 1 amide bonds. The first kappa shape index (κ1) is 19.2. The van der Waals surface area contributed by atoms with Crippen LogP contribution in [0.1, 0.15) is 54.9 Å². The van der Waals surface area contributed by atoms with Gasteiger partial charge in [0, 0.05) is 29.4 Å². The molecule has 2 atom stereocenters. The number of nitrogens with zero attached hydrogens (tertiary/aromatic N) is 3. The summed E-state index contributed by atoms with van der Waals surface area (Å²) in [6.07, 6.45) is 4.70. The third-order valence-corrected chi connectivity index (χ3v) is 5.26. The van der Waals surface area contributed by atoms with Crippen LogP contribution in [-0.4, -0.2) is 31.8 Å². The van der Waals surface area contributed by atoms with Crippen LogP contribution in [0.25, 0.3) is 0 Å². The van der Waals surface area contributed by atoms with Gasteiger partial charge in [0.25, 0.3) is 0 Å². The number of aryl methyl sites for hydroxylation is 2. The quantitative estimate of drug-likeness (QED) is 0.659. The predicted octanol–water partition coefficient (Wildman–Crippen LogP) is 3.70. The molecule has 0 spiro atoms. The zero-order valence-electron chi connectivity index (χ0n) is 16.9. The molecule has 2 N–H and O–H groups in total. The Morgan fingerprint density at radius 1 is 1.34 bits per heavy atom. The SMILES string of the molecule is Cc1ccc(O[C@]2(C)CC[C@@H](c3cc(NC(=O)Cc4cc(C)no4)n[nH]3)C2)cn1. The van der Waals surface area contributed by atoms with Crippen molar-refractivity contribution in [2.24, 2.45) is 0 Å². The summed E-state index contributed by atoms with van der Waals surface area (Å²) >= 11 is 0. The van der Waals surface area contributed by atoms with Crippen molar-refractivity contribution in [3.8, 4) is 5.75 Å². The molecule has 1 saturated carbocycles. The first-order valence-corrected chi connectivity index (χ1v) is 9.78. The first-order valence-electron chi connectivity index (χ1n) is 9.78. The predicted molar refractivity (Wildman–Crippen MR) is 107 cm³/mol. The molecule has 3 aromatic heterocycles. The van der Waals surface area contributed by atoms with Crippen LogP contribution < -0.4 is 10.1 Å². The zero-order valence-corrected chi connectivity index (χ0v) is 16.9. The number of H-pyrrole nitrogens is 1. The number of nitrogens with one attached hydrogen (secondary N) is 2. The number of aromatic amines is 1. The molecule has 1 fully saturated rings. The molecule has 29 heavy (non-hydrogen) atoms. The van der Waals surface area contributed by atoms with Crippen LogP contribution in [0, 0.1) is 13.8 Å². The van der Waals surface area contributed by atoms with Crippen LogP contribution >= 0.6 is 0 Å². The highest BCUT2D eigenvalue weighted by molar-refractivity contribution is 5.91. The molecule has 0 aliphatic heterocycles. The third kappa shape index (κ3) is 4.64. The van der Waals surface area contributed by atoms with E-state index in [1.54, 1.807) is 12.3 Å². The number of carbonyl (C=O) groups is 1. The number of aromatic nitrogens is 4. The number of hydrogen-bond donors (Lipinski definition) is 2. The molecule has 8 heteroatoms. The average molecular weight is 395 g/mol. The van der Waals surface area contributed by atoms with Gasteiger partial charge in [-0.05, 0) is 52.2 Å². The molecule has 0 radical (unpaired) electrons. The van der Waals surface area contributed by atoms with Gasteiger partial charge >= 0.3 is 0 Å². The summed E-state index contributed by atoms with van der Waals surface area (Å²) in [4.78, 5) is 16.5. The number of hydrogen-bond acceptors (Lipinski definition) is 6. The van der Waals surface area contributed by atoms with E-state index in [9.17, 15) is 4.79 Å². The molecule has 8 nitrogen and oxygen atoms in total. The van der Waals surface area contributed by atoms with Crippen molar-refractivity contribution in [1.82, 2.24) is 20.3 Å². The van der Waals surface area contributed by atoms with Crippen LogP contribution in [-0.2, 0) is 11.2 Å². The first-order chi connectivity index (χ1) is 13.9. The number of carbonyl (C=O) groups excluding carboxylic acids is 1. The van der Waals surface area contributed by atoms with Crippen molar-refractivity contribution < 1.29 is 14.1 Å². The second kappa shape index (κ2) is 7.69. The third-order valence-electron chi connectivity index (χ3n) is 5.26. The van der Waals surface area contributed by atoms with E-state index in [2.05, 4.69) is 32.6 Å². The fourth-order valence-electron chi connectivity index (χ4n) is 3.82. The van der Waals surface area contributed by atoms with E-state index in [0.29, 0.717) is 17.5 Å². The molecule has 0 saturated heterocycles. The summed E-state index contributed by atoms with van der Waals surface area (Å²) in [5.41, 5.74) is 2.48. The maximum Gasteiger partial charge on any atom is 0.233 e. The Morgan fingerprint density at radius 2 is 2.21 bits per heavy atom. The van der Waals surface area contributed by atoms with Crippen LogP contribution in [0.3, 0.4) is 0 Å². The number of rotatable bonds is 6. The van der Waals surface area contributed by atoms with Gasteiger partial charge in [-0.25, -0.2) is 0 Å². The summed E-state index contributed by atoms with van der Waals surface area (Å²) < 4.78 is 11.3. The molecule has 4 rings (SSSR count). The minimum absolute atomic E-state index is 0.128. The highest BCUT2D eigenvalue weighted by Gasteiger charge is 2.38. The fourth-order valence-corrected chi connectivity index (χ4v) is 3.82. The fraction of sp³-hybridized carbons (Fsp3) is 0.429. The van der Waals surface area contributed by atoms with Gasteiger partial charge in [-0.3, -0.25) is 14.9 Å². The van der Waals surface area contributed by atoms with Gasteiger partial charge in [-0.15, -0.1) is 0 Å². The molecule has 152 valence electrons. The molecular formula is C21H25N5O3. The van der Waals surface area contributed by atoms with Gasteiger partial charge in [0.1, 0.15) is 17.1 Å². The number of pyridine rings is 1. The molecule has 0 bridgehead atoms. The van der Waals surface area contributed by atoms with Crippen LogP contribution in [0.15, 0.2) is 35.0 Å². The number of ether oxygens (including phenoxy) is 1. The Kier molecular flexibility index (Phi) is 5.08. The van der Waals surface area contributed by atoms with Crippen molar-refractivity contribution in [3.05, 3.63) is 53.3 Å². The Hall–Kier alpha value is -3.16. The summed E-state index contributed by atoms with van der Waals surface area (Å²) in [6, 6.07) is 7.56. The van der Waals surface area contributed by atoms with E-state index in [0.717, 1.165) is 42.1 Å². The lowest BCUT2D eigenvalue weighted by atomic mass is 10.00. The molecule has 0 aromatic carbocycles.